The van der Waals surface area contributed by atoms with Crippen LogP contribution in [-0.4, -0.2) is 28.6 Å². The van der Waals surface area contributed by atoms with Gasteiger partial charge in [0.1, 0.15) is 5.01 Å². The van der Waals surface area contributed by atoms with Crippen molar-refractivity contribution >= 4 is 50.8 Å². The minimum absolute atomic E-state index is 0.121. The number of hydrogen-bond acceptors (Lipinski definition) is 4. The van der Waals surface area contributed by atoms with Gasteiger partial charge in [-0.25, -0.2) is 4.98 Å². The Morgan fingerprint density at radius 1 is 1.21 bits per heavy atom. The van der Waals surface area contributed by atoms with Gasteiger partial charge in [0.15, 0.2) is 0 Å². The fraction of sp³-hybridized carbons (Fsp3) is 0.222. The summed E-state index contributed by atoms with van der Waals surface area (Å²) in [5.41, 5.74) is 2.11. The molecule has 0 fully saturated rings. The van der Waals surface area contributed by atoms with Gasteiger partial charge in [0.2, 0.25) is 5.91 Å². The summed E-state index contributed by atoms with van der Waals surface area (Å²) in [6, 6.07) is 15.7. The van der Waals surface area contributed by atoms with Crippen molar-refractivity contribution < 1.29 is 4.79 Å². The normalized spacial score (nSPS) is 10.9. The van der Waals surface area contributed by atoms with Crippen molar-refractivity contribution in [2.24, 2.45) is 0 Å². The average Bonchev–Trinajstić information content (AvgIpc) is 2.99. The monoisotopic (exact) mass is 376 g/mol. The van der Waals surface area contributed by atoms with Crippen LogP contribution >= 0.6 is 34.7 Å². The molecule has 0 aliphatic heterocycles. The van der Waals surface area contributed by atoms with Crippen LogP contribution in [0.5, 0.6) is 0 Å². The highest BCUT2D eigenvalue weighted by Crippen LogP contribution is 2.24. The molecule has 2 aromatic carbocycles. The molecule has 3 aromatic rings. The number of fused-ring (bicyclic) bond motifs is 1. The molecule has 0 atom stereocenters. The number of thiazole rings is 1. The molecular weight excluding hydrogens is 360 g/mol. The number of carbonyl (C=O) groups is 1. The second-order valence-corrected chi connectivity index (χ2v) is 7.98. The van der Waals surface area contributed by atoms with E-state index in [9.17, 15) is 4.79 Å². The third-order valence-corrected chi connectivity index (χ3v) is 5.95. The van der Waals surface area contributed by atoms with Crippen molar-refractivity contribution in [3.63, 3.8) is 0 Å². The first-order valence-corrected chi connectivity index (χ1v) is 9.87. The van der Waals surface area contributed by atoms with Crippen LogP contribution in [0, 0.1) is 0 Å². The van der Waals surface area contributed by atoms with E-state index in [1.165, 1.54) is 4.70 Å². The predicted octanol–water partition coefficient (Wildman–Crippen LogP) is 4.84. The SMILES string of the molecule is CN(Cc1ccc(Cl)cc1)C(=O)CSCc1nc2ccccc2s1. The highest BCUT2D eigenvalue weighted by Gasteiger charge is 2.10. The zero-order chi connectivity index (χ0) is 16.9. The minimum Gasteiger partial charge on any atom is -0.341 e. The van der Waals surface area contributed by atoms with Gasteiger partial charge in [-0.3, -0.25) is 4.79 Å². The highest BCUT2D eigenvalue weighted by molar-refractivity contribution is 7.99. The van der Waals surface area contributed by atoms with E-state index in [1.807, 2.05) is 49.5 Å². The Morgan fingerprint density at radius 2 is 1.96 bits per heavy atom. The molecule has 0 unspecified atom stereocenters. The van der Waals surface area contributed by atoms with Crippen molar-refractivity contribution in [3.05, 3.63) is 64.1 Å². The summed E-state index contributed by atoms with van der Waals surface area (Å²) in [4.78, 5) is 18.6. The Labute approximate surface area is 154 Å². The largest absolute Gasteiger partial charge is 0.341 e. The third kappa shape index (κ3) is 4.50. The second-order valence-electron chi connectivity index (χ2n) is 5.44. The smallest absolute Gasteiger partial charge is 0.232 e. The number of para-hydroxylation sites is 1. The standard InChI is InChI=1S/C18H17ClN2OS2/c1-21(10-13-6-8-14(19)9-7-13)18(22)12-23-11-17-20-15-4-2-3-5-16(15)24-17/h2-9H,10-12H2,1H3. The van der Waals surface area contributed by atoms with Gasteiger partial charge in [-0.1, -0.05) is 35.9 Å². The molecule has 0 N–H and O–H groups in total. The van der Waals surface area contributed by atoms with E-state index in [-0.39, 0.29) is 5.91 Å². The summed E-state index contributed by atoms with van der Waals surface area (Å²) in [7, 11) is 1.83. The van der Waals surface area contributed by atoms with Crippen LogP contribution in [0.1, 0.15) is 10.6 Å². The van der Waals surface area contributed by atoms with Crippen LogP contribution in [0.3, 0.4) is 0 Å². The summed E-state index contributed by atoms with van der Waals surface area (Å²) < 4.78 is 1.19. The number of hydrogen-bond donors (Lipinski definition) is 0. The molecule has 0 bridgehead atoms. The zero-order valence-electron chi connectivity index (χ0n) is 13.2. The van der Waals surface area contributed by atoms with Crippen LogP contribution < -0.4 is 0 Å². The molecule has 1 amide bonds. The van der Waals surface area contributed by atoms with E-state index in [4.69, 9.17) is 11.6 Å². The molecule has 3 nitrogen and oxygen atoms in total. The summed E-state index contributed by atoms with van der Waals surface area (Å²) >= 11 is 9.18. The van der Waals surface area contributed by atoms with Crippen LogP contribution in [0.2, 0.25) is 5.02 Å². The molecular formula is C18H17ClN2OS2. The van der Waals surface area contributed by atoms with Crippen LogP contribution in [0.15, 0.2) is 48.5 Å². The molecule has 0 spiro atoms. The zero-order valence-corrected chi connectivity index (χ0v) is 15.6. The Bertz CT molecular complexity index is 799. The lowest BCUT2D eigenvalue weighted by Crippen LogP contribution is -2.27. The number of nitrogens with zero attached hydrogens (tertiary/aromatic N) is 2. The number of rotatable bonds is 6. The van der Waals surface area contributed by atoms with Gasteiger partial charge in [-0.2, -0.15) is 0 Å². The van der Waals surface area contributed by atoms with Crippen LogP contribution in [0.4, 0.5) is 0 Å². The van der Waals surface area contributed by atoms with E-state index in [2.05, 4.69) is 11.1 Å². The van der Waals surface area contributed by atoms with Gasteiger partial charge in [-0.05, 0) is 29.8 Å². The molecule has 0 saturated carbocycles. The maximum absolute atomic E-state index is 12.2. The summed E-state index contributed by atoms with van der Waals surface area (Å²) in [6.45, 7) is 0.595. The Hall–Kier alpha value is -1.56. The highest BCUT2D eigenvalue weighted by atomic mass is 35.5. The van der Waals surface area contributed by atoms with Crippen molar-refractivity contribution in [1.29, 1.82) is 0 Å². The Morgan fingerprint density at radius 3 is 2.71 bits per heavy atom. The number of thioether (sulfide) groups is 1. The minimum atomic E-state index is 0.121. The first kappa shape index (κ1) is 17.3. The van der Waals surface area contributed by atoms with Gasteiger partial charge in [0.05, 0.1) is 16.0 Å². The molecule has 0 aliphatic carbocycles. The van der Waals surface area contributed by atoms with E-state index >= 15 is 0 Å². The van der Waals surface area contributed by atoms with E-state index < -0.39 is 0 Å². The molecule has 6 heteroatoms. The van der Waals surface area contributed by atoms with Crippen molar-refractivity contribution in [2.45, 2.75) is 12.3 Å². The lowest BCUT2D eigenvalue weighted by atomic mass is 10.2. The quantitative estimate of drug-likeness (QED) is 0.617. The van der Waals surface area contributed by atoms with Gasteiger partial charge >= 0.3 is 0 Å². The van der Waals surface area contributed by atoms with Crippen molar-refractivity contribution in [1.82, 2.24) is 9.88 Å². The fourth-order valence-electron chi connectivity index (χ4n) is 2.27. The average molecular weight is 377 g/mol. The van der Waals surface area contributed by atoms with Crippen LogP contribution in [-0.2, 0) is 17.1 Å². The topological polar surface area (TPSA) is 33.2 Å². The van der Waals surface area contributed by atoms with Crippen molar-refractivity contribution in [3.8, 4) is 0 Å². The Kier molecular flexibility index (Phi) is 5.76. The summed E-state index contributed by atoms with van der Waals surface area (Å²) in [6.07, 6.45) is 0. The number of carbonyl (C=O) groups excluding carboxylic acids is 1. The van der Waals surface area contributed by atoms with Gasteiger partial charge in [-0.15, -0.1) is 23.1 Å². The number of benzene rings is 2. The molecule has 124 valence electrons. The third-order valence-electron chi connectivity index (χ3n) is 3.55. The van der Waals surface area contributed by atoms with E-state index in [1.54, 1.807) is 28.0 Å². The summed E-state index contributed by atoms with van der Waals surface area (Å²) in [5.74, 6) is 1.34. The second kappa shape index (κ2) is 8.01. The molecule has 0 aliphatic rings. The van der Waals surface area contributed by atoms with Crippen LogP contribution in [0.25, 0.3) is 10.2 Å². The van der Waals surface area contributed by atoms with E-state index in [0.717, 1.165) is 21.8 Å². The molecule has 1 aromatic heterocycles. The lowest BCUT2D eigenvalue weighted by Gasteiger charge is -2.17. The van der Waals surface area contributed by atoms with Crippen molar-refractivity contribution in [2.75, 3.05) is 12.8 Å². The molecule has 24 heavy (non-hydrogen) atoms. The summed E-state index contributed by atoms with van der Waals surface area (Å²) in [5, 5.41) is 1.77. The molecule has 1 heterocycles. The van der Waals surface area contributed by atoms with Gasteiger partial charge in [0, 0.05) is 24.4 Å². The fourth-order valence-corrected chi connectivity index (χ4v) is 4.38. The predicted molar refractivity (Wildman–Crippen MR) is 104 cm³/mol. The maximum Gasteiger partial charge on any atom is 0.232 e. The molecule has 3 rings (SSSR count). The maximum atomic E-state index is 12.2. The molecule has 0 saturated heterocycles. The number of halogens is 1. The first-order valence-electron chi connectivity index (χ1n) is 7.52. The lowest BCUT2D eigenvalue weighted by molar-refractivity contribution is -0.127. The van der Waals surface area contributed by atoms with Gasteiger partial charge in [0.25, 0.3) is 0 Å². The van der Waals surface area contributed by atoms with E-state index in [0.29, 0.717) is 17.3 Å². The number of aromatic nitrogens is 1. The van der Waals surface area contributed by atoms with Gasteiger partial charge < -0.3 is 4.90 Å². The first-order chi connectivity index (χ1) is 11.6. The number of amides is 1. The Balaban J connectivity index is 1.48. The molecule has 0 radical (unpaired) electrons.